The number of nitrogens with zero attached hydrogens (tertiary/aromatic N) is 3. The molecule has 1 N–H and O–H groups in total. The van der Waals surface area contributed by atoms with Crippen molar-refractivity contribution < 1.29 is 9.47 Å². The van der Waals surface area contributed by atoms with Gasteiger partial charge in [0, 0.05) is 30.0 Å². The predicted octanol–water partition coefficient (Wildman–Crippen LogP) is 2.77. The van der Waals surface area contributed by atoms with Crippen LogP contribution >= 0.6 is 0 Å². The highest BCUT2D eigenvalue weighted by Gasteiger charge is 2.39. The van der Waals surface area contributed by atoms with Crippen molar-refractivity contribution in [2.45, 2.75) is 31.8 Å². The second-order valence-corrected chi connectivity index (χ2v) is 7.15. The predicted molar refractivity (Wildman–Crippen MR) is 94.8 cm³/mol. The number of anilines is 1. The van der Waals surface area contributed by atoms with Crippen molar-refractivity contribution in [3.8, 4) is 22.6 Å². The van der Waals surface area contributed by atoms with Gasteiger partial charge in [-0.25, -0.2) is 9.97 Å². The molecule has 0 radical (unpaired) electrons. The van der Waals surface area contributed by atoms with E-state index < -0.39 is 0 Å². The van der Waals surface area contributed by atoms with Gasteiger partial charge in [-0.3, -0.25) is 4.90 Å². The van der Waals surface area contributed by atoms with Gasteiger partial charge in [0.2, 0.25) is 12.7 Å². The molecule has 0 saturated carbocycles. The molecule has 25 heavy (non-hydrogen) atoms. The fourth-order valence-electron chi connectivity index (χ4n) is 4.32. The van der Waals surface area contributed by atoms with Crippen LogP contribution in [0.15, 0.2) is 30.6 Å². The molecule has 6 rings (SSSR count). The molecule has 0 spiro atoms. The van der Waals surface area contributed by atoms with Gasteiger partial charge in [-0.05, 0) is 56.5 Å². The third-order valence-electron chi connectivity index (χ3n) is 5.83. The molecule has 1 aromatic heterocycles. The Hall–Kier alpha value is -2.34. The number of benzene rings is 1. The highest BCUT2D eigenvalue weighted by atomic mass is 16.7. The summed E-state index contributed by atoms with van der Waals surface area (Å²) < 4.78 is 10.8. The molecular formula is C19H22N4O2. The average molecular weight is 338 g/mol. The summed E-state index contributed by atoms with van der Waals surface area (Å²) in [5.41, 5.74) is 2.01. The van der Waals surface area contributed by atoms with E-state index in [9.17, 15) is 0 Å². The molecule has 130 valence electrons. The highest BCUT2D eigenvalue weighted by molar-refractivity contribution is 5.66. The number of nitrogens with one attached hydrogen (secondary N) is 1. The minimum atomic E-state index is 0.288. The first-order valence-electron chi connectivity index (χ1n) is 9.00. The number of ether oxygens (including phenoxy) is 2. The van der Waals surface area contributed by atoms with Gasteiger partial charge < -0.3 is 14.8 Å². The van der Waals surface area contributed by atoms with Crippen LogP contribution in [-0.4, -0.2) is 46.8 Å². The highest BCUT2D eigenvalue weighted by Crippen LogP contribution is 2.36. The standard InChI is InChI=1S/C19H22N4O2/c1-12-18(13-4-6-23(12)7-5-13)22-19-20-9-15(10-21-19)14-2-3-16-17(8-14)25-11-24-16/h2-3,8-10,12-13,18H,4-7,11H2,1H3,(H,20,21,22). The fraction of sp³-hybridized carbons (Fsp3) is 0.474. The maximum atomic E-state index is 5.44. The molecule has 0 aliphatic carbocycles. The van der Waals surface area contributed by atoms with Crippen molar-refractivity contribution in [1.29, 1.82) is 0 Å². The van der Waals surface area contributed by atoms with Crippen molar-refractivity contribution in [3.63, 3.8) is 0 Å². The minimum Gasteiger partial charge on any atom is -0.454 e. The topological polar surface area (TPSA) is 59.5 Å². The van der Waals surface area contributed by atoms with Crippen LogP contribution in [-0.2, 0) is 0 Å². The van der Waals surface area contributed by atoms with Crippen molar-refractivity contribution in [3.05, 3.63) is 30.6 Å². The smallest absolute Gasteiger partial charge is 0.231 e. The van der Waals surface area contributed by atoms with Gasteiger partial charge in [0.15, 0.2) is 11.5 Å². The van der Waals surface area contributed by atoms with Gasteiger partial charge >= 0.3 is 0 Å². The van der Waals surface area contributed by atoms with Crippen molar-refractivity contribution in [2.24, 2.45) is 5.92 Å². The summed E-state index contributed by atoms with van der Waals surface area (Å²) in [5, 5.41) is 3.57. The molecule has 2 atom stereocenters. The van der Waals surface area contributed by atoms with E-state index >= 15 is 0 Å². The van der Waals surface area contributed by atoms with Crippen LogP contribution < -0.4 is 14.8 Å². The Balaban J connectivity index is 1.33. The van der Waals surface area contributed by atoms with Gasteiger partial charge in [0.05, 0.1) is 0 Å². The minimum absolute atomic E-state index is 0.288. The van der Waals surface area contributed by atoms with Crippen LogP contribution in [0.1, 0.15) is 19.8 Å². The zero-order chi connectivity index (χ0) is 16.8. The summed E-state index contributed by atoms with van der Waals surface area (Å²) in [5.74, 6) is 3.02. The van der Waals surface area contributed by atoms with Gasteiger partial charge in [0.1, 0.15) is 0 Å². The first kappa shape index (κ1) is 15.0. The quantitative estimate of drug-likeness (QED) is 0.929. The van der Waals surface area contributed by atoms with Crippen LogP contribution in [0.4, 0.5) is 5.95 Å². The monoisotopic (exact) mass is 338 g/mol. The summed E-state index contributed by atoms with van der Waals surface area (Å²) in [4.78, 5) is 11.7. The number of hydrogen-bond acceptors (Lipinski definition) is 6. The number of hydrogen-bond donors (Lipinski definition) is 1. The first-order valence-corrected chi connectivity index (χ1v) is 9.00. The lowest BCUT2D eigenvalue weighted by Crippen LogP contribution is -2.59. The molecule has 2 unspecified atom stereocenters. The molecule has 3 saturated heterocycles. The van der Waals surface area contributed by atoms with E-state index in [-0.39, 0.29) is 6.79 Å². The van der Waals surface area contributed by atoms with Crippen LogP contribution in [0.25, 0.3) is 11.1 Å². The summed E-state index contributed by atoms with van der Waals surface area (Å²) >= 11 is 0. The molecule has 2 bridgehead atoms. The zero-order valence-corrected chi connectivity index (χ0v) is 14.3. The van der Waals surface area contributed by atoms with E-state index in [0.29, 0.717) is 12.1 Å². The normalized spacial score (nSPS) is 29.6. The second-order valence-electron chi connectivity index (χ2n) is 7.15. The van der Waals surface area contributed by atoms with E-state index in [1.807, 2.05) is 30.6 Å². The Bertz CT molecular complexity index is 769. The van der Waals surface area contributed by atoms with Crippen LogP contribution in [0, 0.1) is 5.92 Å². The third kappa shape index (κ3) is 2.61. The van der Waals surface area contributed by atoms with Gasteiger partial charge in [-0.2, -0.15) is 0 Å². The Labute approximate surface area is 147 Å². The van der Waals surface area contributed by atoms with E-state index in [4.69, 9.17) is 9.47 Å². The summed E-state index contributed by atoms with van der Waals surface area (Å²) in [6.45, 7) is 5.06. The van der Waals surface area contributed by atoms with Gasteiger partial charge in [0.25, 0.3) is 0 Å². The number of piperidine rings is 3. The lowest BCUT2D eigenvalue weighted by molar-refractivity contribution is 0.0455. The SMILES string of the molecule is CC1C(Nc2ncc(-c3ccc4c(c3)OCO4)cn2)C2CCN1CC2. The van der Waals surface area contributed by atoms with Crippen LogP contribution in [0.3, 0.4) is 0 Å². The number of aromatic nitrogens is 2. The maximum Gasteiger partial charge on any atom is 0.231 e. The Morgan fingerprint density at radius 3 is 2.56 bits per heavy atom. The van der Waals surface area contributed by atoms with Crippen LogP contribution in [0.5, 0.6) is 11.5 Å². The second kappa shape index (κ2) is 5.88. The lowest BCUT2D eigenvalue weighted by Gasteiger charge is -2.49. The lowest BCUT2D eigenvalue weighted by atomic mass is 9.79. The molecule has 1 aromatic carbocycles. The van der Waals surface area contributed by atoms with Crippen molar-refractivity contribution in [1.82, 2.24) is 14.9 Å². The zero-order valence-electron chi connectivity index (χ0n) is 14.3. The summed E-state index contributed by atoms with van der Waals surface area (Å²) in [7, 11) is 0. The van der Waals surface area contributed by atoms with Gasteiger partial charge in [-0.15, -0.1) is 0 Å². The fourth-order valence-corrected chi connectivity index (χ4v) is 4.32. The molecule has 0 amide bonds. The molecule has 4 aliphatic heterocycles. The van der Waals surface area contributed by atoms with Crippen molar-refractivity contribution >= 4 is 5.95 Å². The number of fused-ring (bicyclic) bond motifs is 4. The third-order valence-corrected chi connectivity index (χ3v) is 5.83. The molecule has 6 heteroatoms. The molecular weight excluding hydrogens is 316 g/mol. The molecule has 6 nitrogen and oxygen atoms in total. The maximum absolute atomic E-state index is 5.44. The Morgan fingerprint density at radius 1 is 1.04 bits per heavy atom. The first-order chi connectivity index (χ1) is 12.3. The molecule has 2 aromatic rings. The largest absolute Gasteiger partial charge is 0.454 e. The van der Waals surface area contributed by atoms with E-state index in [0.717, 1.165) is 34.5 Å². The van der Waals surface area contributed by atoms with Crippen molar-refractivity contribution in [2.75, 3.05) is 25.2 Å². The number of rotatable bonds is 3. The average Bonchev–Trinajstić information content (AvgIpc) is 3.13. The van der Waals surface area contributed by atoms with E-state index in [1.54, 1.807) is 0 Å². The van der Waals surface area contributed by atoms with E-state index in [1.165, 1.54) is 25.9 Å². The molecule has 4 aliphatic rings. The molecule has 3 fully saturated rings. The van der Waals surface area contributed by atoms with Gasteiger partial charge in [-0.1, -0.05) is 6.07 Å². The van der Waals surface area contributed by atoms with Crippen LogP contribution in [0.2, 0.25) is 0 Å². The van der Waals surface area contributed by atoms with E-state index in [2.05, 4.69) is 27.1 Å². The summed E-state index contributed by atoms with van der Waals surface area (Å²) in [6.07, 6.45) is 6.30. The Morgan fingerprint density at radius 2 is 1.80 bits per heavy atom. The Kier molecular flexibility index (Phi) is 3.52. The summed E-state index contributed by atoms with van der Waals surface area (Å²) in [6, 6.07) is 6.90. The molecule has 5 heterocycles.